The van der Waals surface area contributed by atoms with Crippen molar-refractivity contribution >= 4 is 17.7 Å². The number of Topliss-reactive ketones (excluding diaryl/α,β-unsaturated/α-hetero) is 1. The first-order chi connectivity index (χ1) is 13.2. The second kappa shape index (κ2) is 10.8. The molecule has 0 aliphatic rings. The van der Waals surface area contributed by atoms with E-state index < -0.39 is 29.1 Å². The van der Waals surface area contributed by atoms with E-state index in [-0.39, 0.29) is 13.2 Å². The summed E-state index contributed by atoms with van der Waals surface area (Å²) in [6.07, 6.45) is 1.25. The summed E-state index contributed by atoms with van der Waals surface area (Å²) < 4.78 is 15.2. The van der Waals surface area contributed by atoms with Crippen molar-refractivity contribution in [3.05, 3.63) is 29.8 Å². The Balaban J connectivity index is 3.39. The highest BCUT2D eigenvalue weighted by molar-refractivity contribution is 6.18. The van der Waals surface area contributed by atoms with Crippen LogP contribution in [-0.2, 0) is 29.3 Å². The van der Waals surface area contributed by atoms with Crippen LogP contribution in [0.5, 0.6) is 5.75 Å². The molecule has 0 spiro atoms. The standard InChI is InChI=1S/C22H32O6/c1-7-27-20(24)18(21(25)28-8-2)19(23)22(5,14-13-15(3)4)16-9-11-17(26-6)12-10-16/h9-12,15,18H,7-8,13-14H2,1-6H3. The van der Waals surface area contributed by atoms with E-state index in [1.165, 1.54) is 0 Å². The summed E-state index contributed by atoms with van der Waals surface area (Å²) in [4.78, 5) is 38.4. The molecule has 1 aromatic rings. The monoisotopic (exact) mass is 392 g/mol. The van der Waals surface area contributed by atoms with Crippen molar-refractivity contribution in [3.63, 3.8) is 0 Å². The summed E-state index contributed by atoms with van der Waals surface area (Å²) in [6.45, 7) is 9.31. The first-order valence-electron chi connectivity index (χ1n) is 9.73. The highest BCUT2D eigenvalue weighted by Gasteiger charge is 2.47. The molecule has 0 N–H and O–H groups in total. The van der Waals surface area contributed by atoms with Crippen molar-refractivity contribution in [3.8, 4) is 5.75 Å². The molecule has 6 nitrogen and oxygen atoms in total. The van der Waals surface area contributed by atoms with Gasteiger partial charge in [-0.2, -0.15) is 0 Å². The van der Waals surface area contributed by atoms with Gasteiger partial charge in [-0.3, -0.25) is 14.4 Å². The summed E-state index contributed by atoms with van der Waals surface area (Å²) in [5.74, 6) is -2.82. The molecule has 1 rings (SSSR count). The lowest BCUT2D eigenvalue weighted by molar-refractivity contribution is -0.165. The van der Waals surface area contributed by atoms with Crippen LogP contribution in [0.3, 0.4) is 0 Å². The molecule has 0 aliphatic carbocycles. The minimum atomic E-state index is -1.60. The van der Waals surface area contributed by atoms with E-state index in [4.69, 9.17) is 14.2 Å². The van der Waals surface area contributed by atoms with Crippen LogP contribution in [-0.4, -0.2) is 38.0 Å². The zero-order valence-electron chi connectivity index (χ0n) is 17.7. The van der Waals surface area contributed by atoms with Crippen LogP contribution in [0.2, 0.25) is 0 Å². The molecule has 0 aromatic heterocycles. The lowest BCUT2D eigenvalue weighted by Gasteiger charge is -2.32. The Kier molecular flexibility index (Phi) is 9.16. The van der Waals surface area contributed by atoms with E-state index in [9.17, 15) is 14.4 Å². The van der Waals surface area contributed by atoms with Gasteiger partial charge in [-0.05, 0) is 57.2 Å². The Morgan fingerprint density at radius 2 is 1.46 bits per heavy atom. The molecule has 1 atom stereocenters. The zero-order valence-corrected chi connectivity index (χ0v) is 17.7. The van der Waals surface area contributed by atoms with Crippen molar-refractivity contribution in [2.75, 3.05) is 20.3 Å². The minimum Gasteiger partial charge on any atom is -0.497 e. The van der Waals surface area contributed by atoms with E-state index in [0.717, 1.165) is 12.0 Å². The van der Waals surface area contributed by atoms with Crippen molar-refractivity contribution in [1.29, 1.82) is 0 Å². The molecule has 0 heterocycles. The molecule has 156 valence electrons. The summed E-state index contributed by atoms with van der Waals surface area (Å²) in [5.41, 5.74) is -0.321. The SMILES string of the molecule is CCOC(=O)C(C(=O)OCC)C(=O)C(C)(CCC(C)C)c1ccc(OC)cc1. The average molecular weight is 392 g/mol. The van der Waals surface area contributed by atoms with Crippen LogP contribution in [0.25, 0.3) is 0 Å². The number of ether oxygens (including phenoxy) is 3. The average Bonchev–Trinajstić information content (AvgIpc) is 2.66. The number of carbonyl (C=O) groups excluding carboxylic acids is 3. The molecular formula is C22H32O6. The molecule has 0 aliphatic heterocycles. The van der Waals surface area contributed by atoms with E-state index >= 15 is 0 Å². The van der Waals surface area contributed by atoms with Crippen LogP contribution in [0, 0.1) is 11.8 Å². The number of ketones is 1. The van der Waals surface area contributed by atoms with E-state index in [2.05, 4.69) is 13.8 Å². The molecule has 0 amide bonds. The van der Waals surface area contributed by atoms with E-state index in [1.807, 2.05) is 0 Å². The maximum atomic E-state index is 13.5. The van der Waals surface area contributed by atoms with Crippen LogP contribution < -0.4 is 4.74 Å². The quantitative estimate of drug-likeness (QED) is 0.422. The van der Waals surface area contributed by atoms with Gasteiger partial charge in [0.2, 0.25) is 5.92 Å². The normalized spacial score (nSPS) is 13.1. The lowest BCUT2D eigenvalue weighted by atomic mass is 9.70. The predicted octanol–water partition coefficient (Wildman–Crippen LogP) is 3.70. The van der Waals surface area contributed by atoms with Crippen LogP contribution >= 0.6 is 0 Å². The number of esters is 2. The maximum absolute atomic E-state index is 13.5. The van der Waals surface area contributed by atoms with Gasteiger partial charge >= 0.3 is 11.9 Å². The Labute approximate surface area is 167 Å². The van der Waals surface area contributed by atoms with Crippen LogP contribution in [0.1, 0.15) is 53.0 Å². The molecule has 0 saturated carbocycles. The summed E-state index contributed by atoms with van der Waals surface area (Å²) in [7, 11) is 1.57. The highest BCUT2D eigenvalue weighted by atomic mass is 16.6. The summed E-state index contributed by atoms with van der Waals surface area (Å²) >= 11 is 0. The fraction of sp³-hybridized carbons (Fsp3) is 0.591. The molecular weight excluding hydrogens is 360 g/mol. The van der Waals surface area contributed by atoms with Gasteiger partial charge in [0, 0.05) is 0 Å². The van der Waals surface area contributed by atoms with Gasteiger partial charge in [0.05, 0.1) is 25.7 Å². The largest absolute Gasteiger partial charge is 0.497 e. The molecule has 0 fully saturated rings. The number of rotatable bonds is 11. The van der Waals surface area contributed by atoms with Crippen molar-refractivity contribution in [2.24, 2.45) is 11.8 Å². The Hall–Kier alpha value is -2.37. The number of carbonyl (C=O) groups is 3. The van der Waals surface area contributed by atoms with Gasteiger partial charge in [-0.15, -0.1) is 0 Å². The maximum Gasteiger partial charge on any atom is 0.328 e. The first-order valence-corrected chi connectivity index (χ1v) is 9.73. The van der Waals surface area contributed by atoms with Gasteiger partial charge < -0.3 is 14.2 Å². The van der Waals surface area contributed by atoms with Gasteiger partial charge in [0.1, 0.15) is 5.75 Å². The lowest BCUT2D eigenvalue weighted by Crippen LogP contribution is -2.45. The highest BCUT2D eigenvalue weighted by Crippen LogP contribution is 2.35. The molecule has 0 radical (unpaired) electrons. The van der Waals surface area contributed by atoms with Crippen LogP contribution in [0.15, 0.2) is 24.3 Å². The fourth-order valence-electron chi connectivity index (χ4n) is 3.03. The molecule has 28 heavy (non-hydrogen) atoms. The Morgan fingerprint density at radius 1 is 0.964 bits per heavy atom. The topological polar surface area (TPSA) is 78.9 Å². The van der Waals surface area contributed by atoms with Crippen molar-refractivity contribution < 1.29 is 28.6 Å². The second-order valence-electron chi connectivity index (χ2n) is 7.29. The zero-order chi connectivity index (χ0) is 21.3. The number of methoxy groups -OCH3 is 1. The number of hydrogen-bond donors (Lipinski definition) is 0. The number of hydrogen-bond acceptors (Lipinski definition) is 6. The summed E-state index contributed by atoms with van der Waals surface area (Å²) in [6, 6.07) is 7.12. The minimum absolute atomic E-state index is 0.0766. The molecule has 1 aromatic carbocycles. The van der Waals surface area contributed by atoms with Crippen molar-refractivity contribution in [2.45, 2.75) is 52.9 Å². The summed E-state index contributed by atoms with van der Waals surface area (Å²) in [5, 5.41) is 0. The molecule has 1 unspecified atom stereocenters. The van der Waals surface area contributed by atoms with Gasteiger partial charge in [-0.1, -0.05) is 26.0 Å². The molecule has 6 heteroatoms. The first kappa shape index (κ1) is 23.7. The van der Waals surface area contributed by atoms with Gasteiger partial charge in [0.25, 0.3) is 0 Å². The molecule has 0 saturated heterocycles. The Bertz CT molecular complexity index is 646. The van der Waals surface area contributed by atoms with E-state index in [1.54, 1.807) is 52.1 Å². The van der Waals surface area contributed by atoms with Gasteiger partial charge in [0.15, 0.2) is 5.78 Å². The van der Waals surface area contributed by atoms with Crippen LogP contribution in [0.4, 0.5) is 0 Å². The Morgan fingerprint density at radius 3 is 1.86 bits per heavy atom. The van der Waals surface area contributed by atoms with E-state index in [0.29, 0.717) is 18.1 Å². The number of benzene rings is 1. The predicted molar refractivity (Wildman–Crippen MR) is 106 cm³/mol. The van der Waals surface area contributed by atoms with Gasteiger partial charge in [-0.25, -0.2) is 0 Å². The third-order valence-electron chi connectivity index (χ3n) is 4.80. The van der Waals surface area contributed by atoms with Crippen molar-refractivity contribution in [1.82, 2.24) is 0 Å². The second-order valence-corrected chi connectivity index (χ2v) is 7.29. The fourth-order valence-corrected chi connectivity index (χ4v) is 3.03. The third kappa shape index (κ3) is 5.81. The molecule has 0 bridgehead atoms. The smallest absolute Gasteiger partial charge is 0.328 e. The third-order valence-corrected chi connectivity index (χ3v) is 4.80.